The van der Waals surface area contributed by atoms with Crippen molar-refractivity contribution < 1.29 is 4.92 Å². The van der Waals surface area contributed by atoms with Crippen LogP contribution >= 0.6 is 11.3 Å². The number of aromatic nitrogens is 1. The number of nitro groups is 1. The molecule has 0 unspecified atom stereocenters. The van der Waals surface area contributed by atoms with Crippen LogP contribution in [0.5, 0.6) is 0 Å². The van der Waals surface area contributed by atoms with E-state index >= 15 is 0 Å². The van der Waals surface area contributed by atoms with Crippen LogP contribution in [0.15, 0.2) is 71.7 Å². The summed E-state index contributed by atoms with van der Waals surface area (Å²) < 4.78 is 1.18. The van der Waals surface area contributed by atoms with Crippen LogP contribution in [0.3, 0.4) is 0 Å². The summed E-state index contributed by atoms with van der Waals surface area (Å²) >= 11 is 1.67. The summed E-state index contributed by atoms with van der Waals surface area (Å²) in [7, 11) is 0. The standard InChI is InChI=1S/C21H15N3O2S/c1-14-2-11-20-19(12-14)23-21(27-20)16-5-7-17(8-6-16)22-13-15-3-9-18(10-4-15)24(25)26/h2-13H,1H3. The van der Waals surface area contributed by atoms with E-state index in [9.17, 15) is 10.1 Å². The van der Waals surface area contributed by atoms with E-state index in [1.807, 2.05) is 24.3 Å². The number of hydrogen-bond acceptors (Lipinski definition) is 5. The molecule has 0 N–H and O–H groups in total. The minimum absolute atomic E-state index is 0.0718. The summed E-state index contributed by atoms with van der Waals surface area (Å²) in [5.74, 6) is 0. The summed E-state index contributed by atoms with van der Waals surface area (Å²) in [6, 6.07) is 20.5. The molecule has 0 saturated carbocycles. The summed E-state index contributed by atoms with van der Waals surface area (Å²) in [5.41, 5.74) is 4.98. The maximum absolute atomic E-state index is 10.7. The van der Waals surface area contributed by atoms with Crippen LogP contribution in [0.4, 0.5) is 11.4 Å². The second-order valence-corrected chi connectivity index (χ2v) is 7.17. The van der Waals surface area contributed by atoms with Crippen LogP contribution in [0.1, 0.15) is 11.1 Å². The van der Waals surface area contributed by atoms with Gasteiger partial charge in [0.25, 0.3) is 5.69 Å². The van der Waals surface area contributed by atoms with Crippen molar-refractivity contribution in [2.45, 2.75) is 6.92 Å². The first-order valence-electron chi connectivity index (χ1n) is 8.35. The summed E-state index contributed by atoms with van der Waals surface area (Å²) in [4.78, 5) is 19.4. The van der Waals surface area contributed by atoms with E-state index in [0.29, 0.717) is 0 Å². The molecule has 1 aromatic heterocycles. The molecule has 0 radical (unpaired) electrons. The van der Waals surface area contributed by atoms with Crippen molar-refractivity contribution in [2.24, 2.45) is 4.99 Å². The molecule has 4 rings (SSSR count). The first kappa shape index (κ1) is 17.1. The minimum atomic E-state index is -0.414. The average molecular weight is 373 g/mol. The van der Waals surface area contributed by atoms with Gasteiger partial charge in [0.05, 0.1) is 20.8 Å². The monoisotopic (exact) mass is 373 g/mol. The van der Waals surface area contributed by atoms with E-state index in [2.05, 4.69) is 30.1 Å². The lowest BCUT2D eigenvalue weighted by atomic mass is 10.2. The number of aryl methyl sites for hydroxylation is 1. The molecule has 27 heavy (non-hydrogen) atoms. The van der Waals surface area contributed by atoms with Gasteiger partial charge >= 0.3 is 0 Å². The van der Waals surface area contributed by atoms with Gasteiger partial charge in [0.1, 0.15) is 5.01 Å². The summed E-state index contributed by atoms with van der Waals surface area (Å²) in [6.45, 7) is 2.07. The van der Waals surface area contributed by atoms with Gasteiger partial charge in [0.2, 0.25) is 0 Å². The maximum Gasteiger partial charge on any atom is 0.269 e. The molecule has 3 aromatic carbocycles. The molecule has 6 heteroatoms. The SMILES string of the molecule is Cc1ccc2sc(-c3ccc(N=Cc4ccc([N+](=O)[O-])cc4)cc3)nc2c1. The predicted octanol–water partition coefficient (Wildman–Crippen LogP) is 5.93. The molecule has 0 amide bonds. The molecule has 0 bridgehead atoms. The number of aliphatic imine (C=N–C) groups is 1. The largest absolute Gasteiger partial charge is 0.269 e. The molecule has 0 aliphatic carbocycles. The number of hydrogen-bond donors (Lipinski definition) is 0. The zero-order chi connectivity index (χ0) is 18.8. The van der Waals surface area contributed by atoms with Crippen molar-refractivity contribution in [3.63, 3.8) is 0 Å². The third-order valence-electron chi connectivity index (χ3n) is 4.12. The van der Waals surface area contributed by atoms with E-state index in [1.165, 1.54) is 22.4 Å². The third kappa shape index (κ3) is 3.75. The van der Waals surface area contributed by atoms with Crippen molar-refractivity contribution >= 4 is 39.1 Å². The Morgan fingerprint density at radius 3 is 2.48 bits per heavy atom. The molecule has 0 atom stereocenters. The number of thiazole rings is 1. The highest BCUT2D eigenvalue weighted by molar-refractivity contribution is 7.21. The van der Waals surface area contributed by atoms with Crippen molar-refractivity contribution in [3.05, 3.63) is 88.0 Å². The van der Waals surface area contributed by atoms with E-state index in [-0.39, 0.29) is 5.69 Å². The maximum atomic E-state index is 10.7. The van der Waals surface area contributed by atoms with Gasteiger partial charge in [-0.25, -0.2) is 4.98 Å². The Morgan fingerprint density at radius 1 is 1.04 bits per heavy atom. The first-order chi connectivity index (χ1) is 13.1. The number of nitro benzene ring substituents is 1. The molecule has 0 spiro atoms. The lowest BCUT2D eigenvalue weighted by Crippen LogP contribution is -1.88. The van der Waals surface area contributed by atoms with Gasteiger partial charge in [-0.2, -0.15) is 0 Å². The quantitative estimate of drug-likeness (QED) is 0.253. The summed E-state index contributed by atoms with van der Waals surface area (Å²) in [6.07, 6.45) is 1.69. The molecule has 132 valence electrons. The Hall–Kier alpha value is -3.38. The summed E-state index contributed by atoms with van der Waals surface area (Å²) in [5, 5.41) is 11.7. The molecule has 0 fully saturated rings. The fourth-order valence-electron chi connectivity index (χ4n) is 2.68. The van der Waals surface area contributed by atoms with Crippen LogP contribution < -0.4 is 0 Å². The molecular formula is C21H15N3O2S. The second-order valence-electron chi connectivity index (χ2n) is 6.14. The zero-order valence-corrected chi connectivity index (χ0v) is 15.3. The Labute approximate surface area is 159 Å². The predicted molar refractivity (Wildman–Crippen MR) is 110 cm³/mol. The number of non-ortho nitro benzene ring substituents is 1. The number of nitrogens with zero attached hydrogens (tertiary/aromatic N) is 3. The van der Waals surface area contributed by atoms with E-state index in [1.54, 1.807) is 29.7 Å². The molecule has 5 nitrogen and oxygen atoms in total. The molecule has 1 heterocycles. The van der Waals surface area contributed by atoms with Crippen LogP contribution in [0.2, 0.25) is 0 Å². The van der Waals surface area contributed by atoms with Crippen molar-refractivity contribution in [2.75, 3.05) is 0 Å². The van der Waals surface area contributed by atoms with Gasteiger partial charge < -0.3 is 0 Å². The topological polar surface area (TPSA) is 68.4 Å². The normalized spacial score (nSPS) is 11.3. The molecule has 0 saturated heterocycles. The highest BCUT2D eigenvalue weighted by Gasteiger charge is 2.06. The van der Waals surface area contributed by atoms with Gasteiger partial charge in [-0.15, -0.1) is 11.3 Å². The number of fused-ring (bicyclic) bond motifs is 1. The Balaban J connectivity index is 1.53. The molecule has 0 aliphatic heterocycles. The fraction of sp³-hybridized carbons (Fsp3) is 0.0476. The van der Waals surface area contributed by atoms with Crippen LogP contribution in [0, 0.1) is 17.0 Å². The van der Waals surface area contributed by atoms with Gasteiger partial charge in [-0.3, -0.25) is 15.1 Å². The highest BCUT2D eigenvalue weighted by atomic mass is 32.1. The van der Waals surface area contributed by atoms with Crippen LogP contribution in [-0.2, 0) is 0 Å². The second kappa shape index (κ2) is 7.09. The Morgan fingerprint density at radius 2 is 1.78 bits per heavy atom. The lowest BCUT2D eigenvalue weighted by Gasteiger charge is -1.98. The van der Waals surface area contributed by atoms with Crippen LogP contribution in [0.25, 0.3) is 20.8 Å². The van der Waals surface area contributed by atoms with Gasteiger partial charge in [-0.1, -0.05) is 6.07 Å². The van der Waals surface area contributed by atoms with Gasteiger partial charge in [-0.05, 0) is 66.6 Å². The Kier molecular flexibility index (Phi) is 4.48. The van der Waals surface area contributed by atoms with Gasteiger partial charge in [0.15, 0.2) is 0 Å². The Bertz CT molecular complexity index is 1150. The van der Waals surface area contributed by atoms with Crippen molar-refractivity contribution in [3.8, 4) is 10.6 Å². The van der Waals surface area contributed by atoms with Crippen molar-refractivity contribution in [1.82, 2.24) is 4.98 Å². The third-order valence-corrected chi connectivity index (χ3v) is 5.21. The number of rotatable bonds is 4. The minimum Gasteiger partial charge on any atom is -0.258 e. The fourth-order valence-corrected chi connectivity index (χ4v) is 3.63. The van der Waals surface area contributed by atoms with E-state index in [4.69, 9.17) is 4.98 Å². The zero-order valence-electron chi connectivity index (χ0n) is 14.5. The highest BCUT2D eigenvalue weighted by Crippen LogP contribution is 2.31. The van der Waals surface area contributed by atoms with Crippen LogP contribution in [-0.4, -0.2) is 16.1 Å². The van der Waals surface area contributed by atoms with Gasteiger partial charge in [0, 0.05) is 23.9 Å². The smallest absolute Gasteiger partial charge is 0.258 e. The van der Waals surface area contributed by atoms with E-state index < -0.39 is 4.92 Å². The number of benzene rings is 3. The van der Waals surface area contributed by atoms with Crippen molar-refractivity contribution in [1.29, 1.82) is 0 Å². The average Bonchev–Trinajstić information content (AvgIpc) is 3.10. The lowest BCUT2D eigenvalue weighted by molar-refractivity contribution is -0.384. The molecule has 0 aliphatic rings. The molecular weight excluding hydrogens is 358 g/mol. The molecule has 4 aromatic rings. The van der Waals surface area contributed by atoms with E-state index in [0.717, 1.165) is 27.3 Å². The first-order valence-corrected chi connectivity index (χ1v) is 9.16.